The largest absolute Gasteiger partial charge is 0.494 e. The summed E-state index contributed by atoms with van der Waals surface area (Å²) in [5.41, 5.74) is 3.13. The first-order valence-corrected chi connectivity index (χ1v) is 8.37. The van der Waals surface area contributed by atoms with Gasteiger partial charge in [0.25, 0.3) is 0 Å². The lowest BCUT2D eigenvalue weighted by Crippen LogP contribution is -2.05. The maximum Gasteiger partial charge on any atom is 0.336 e. The van der Waals surface area contributed by atoms with Crippen molar-refractivity contribution in [1.29, 1.82) is 0 Å². The smallest absolute Gasteiger partial charge is 0.336 e. The van der Waals surface area contributed by atoms with Crippen molar-refractivity contribution in [1.82, 2.24) is 4.98 Å². The van der Waals surface area contributed by atoms with Crippen LogP contribution in [0.1, 0.15) is 22.8 Å². The van der Waals surface area contributed by atoms with Crippen molar-refractivity contribution in [3.8, 4) is 17.0 Å². The minimum Gasteiger partial charge on any atom is -0.494 e. The Balaban J connectivity index is 2.23. The van der Waals surface area contributed by atoms with Crippen LogP contribution in [0.2, 0.25) is 0 Å². The fourth-order valence-electron chi connectivity index (χ4n) is 2.76. The van der Waals surface area contributed by atoms with Crippen LogP contribution in [0.25, 0.3) is 22.2 Å². The molecule has 1 N–H and O–H groups in total. The number of nitrogens with zero attached hydrogens (tertiary/aromatic N) is 1. The van der Waals surface area contributed by atoms with Gasteiger partial charge in [-0.1, -0.05) is 15.9 Å². The van der Waals surface area contributed by atoms with Gasteiger partial charge in [-0.2, -0.15) is 0 Å². The van der Waals surface area contributed by atoms with E-state index < -0.39 is 5.97 Å². The third-order valence-corrected chi connectivity index (χ3v) is 4.34. The number of aromatic carboxylic acids is 1. The summed E-state index contributed by atoms with van der Waals surface area (Å²) in [7, 11) is 0. The van der Waals surface area contributed by atoms with Crippen LogP contribution in [0.5, 0.6) is 5.75 Å². The molecule has 0 spiro atoms. The van der Waals surface area contributed by atoms with Crippen LogP contribution < -0.4 is 4.74 Å². The summed E-state index contributed by atoms with van der Waals surface area (Å²) in [5.74, 6) is -0.174. The first-order chi connectivity index (χ1) is 11.5. The molecule has 0 amide bonds. The molecule has 3 rings (SSSR count). The molecule has 0 radical (unpaired) electrons. The Bertz CT molecular complexity index is 920. The predicted octanol–water partition coefficient (Wildman–Crippen LogP) is 5.07. The Morgan fingerprint density at radius 2 is 1.92 bits per heavy atom. The Morgan fingerprint density at radius 3 is 2.54 bits per heavy atom. The van der Waals surface area contributed by atoms with Crippen LogP contribution in [0.15, 0.2) is 46.9 Å². The Labute approximate surface area is 148 Å². The zero-order valence-corrected chi connectivity index (χ0v) is 14.9. The van der Waals surface area contributed by atoms with Crippen molar-refractivity contribution in [2.45, 2.75) is 13.8 Å². The zero-order valence-electron chi connectivity index (χ0n) is 13.3. The lowest BCUT2D eigenvalue weighted by molar-refractivity contribution is 0.0698. The van der Waals surface area contributed by atoms with Gasteiger partial charge in [0.15, 0.2) is 0 Å². The van der Waals surface area contributed by atoms with Gasteiger partial charge in [-0.3, -0.25) is 0 Å². The second-order valence-corrected chi connectivity index (χ2v) is 6.30. The van der Waals surface area contributed by atoms with E-state index in [0.717, 1.165) is 15.8 Å². The van der Waals surface area contributed by atoms with E-state index in [4.69, 9.17) is 4.74 Å². The number of halogens is 1. The lowest BCUT2D eigenvalue weighted by atomic mass is 9.98. The quantitative estimate of drug-likeness (QED) is 0.680. The average Bonchev–Trinajstić information content (AvgIpc) is 2.55. The molecule has 0 atom stereocenters. The summed E-state index contributed by atoms with van der Waals surface area (Å²) >= 11 is 3.39. The molecule has 0 fully saturated rings. The van der Waals surface area contributed by atoms with Gasteiger partial charge in [0.1, 0.15) is 5.75 Å². The summed E-state index contributed by atoms with van der Waals surface area (Å²) in [6.45, 7) is 4.33. The molecule has 0 aliphatic carbocycles. The van der Waals surface area contributed by atoms with Crippen molar-refractivity contribution >= 4 is 32.8 Å². The van der Waals surface area contributed by atoms with Crippen molar-refractivity contribution in [3.05, 3.63) is 58.1 Å². The molecule has 0 saturated carbocycles. The summed E-state index contributed by atoms with van der Waals surface area (Å²) in [6.07, 6.45) is 0. The highest BCUT2D eigenvalue weighted by Gasteiger charge is 2.18. The van der Waals surface area contributed by atoms with Crippen LogP contribution in [0, 0.1) is 6.92 Å². The molecule has 5 heteroatoms. The molecule has 0 bridgehead atoms. The Hall–Kier alpha value is -2.40. The number of hydrogen-bond donors (Lipinski definition) is 1. The molecule has 1 heterocycles. The van der Waals surface area contributed by atoms with Crippen LogP contribution in [0.4, 0.5) is 0 Å². The molecule has 1 aromatic heterocycles. The van der Waals surface area contributed by atoms with Gasteiger partial charge in [-0.15, -0.1) is 0 Å². The molecule has 0 aliphatic heterocycles. The minimum atomic E-state index is -0.954. The maximum absolute atomic E-state index is 11.8. The van der Waals surface area contributed by atoms with Crippen molar-refractivity contribution < 1.29 is 14.6 Å². The van der Waals surface area contributed by atoms with E-state index in [1.54, 1.807) is 13.0 Å². The van der Waals surface area contributed by atoms with Crippen LogP contribution in [-0.2, 0) is 0 Å². The number of carbonyl (C=O) groups is 1. The van der Waals surface area contributed by atoms with Gasteiger partial charge in [0.05, 0.1) is 23.4 Å². The topological polar surface area (TPSA) is 59.4 Å². The van der Waals surface area contributed by atoms with Crippen LogP contribution in [-0.4, -0.2) is 22.7 Å². The molecule has 2 aromatic carbocycles. The highest BCUT2D eigenvalue weighted by molar-refractivity contribution is 9.10. The second kappa shape index (κ2) is 6.61. The number of aromatic nitrogens is 1. The monoisotopic (exact) mass is 385 g/mol. The van der Waals surface area contributed by atoms with Crippen LogP contribution in [0.3, 0.4) is 0 Å². The summed E-state index contributed by atoms with van der Waals surface area (Å²) in [5, 5.41) is 10.3. The van der Waals surface area contributed by atoms with E-state index in [-0.39, 0.29) is 5.56 Å². The zero-order chi connectivity index (χ0) is 17.3. The number of ether oxygens (including phenoxy) is 1. The molecule has 0 aliphatic rings. The molecular formula is C19H16BrNO3. The summed E-state index contributed by atoms with van der Waals surface area (Å²) < 4.78 is 6.28. The summed E-state index contributed by atoms with van der Waals surface area (Å²) in [6, 6.07) is 13.0. The van der Waals surface area contributed by atoms with Crippen molar-refractivity contribution in [2.24, 2.45) is 0 Å². The van der Waals surface area contributed by atoms with E-state index in [2.05, 4.69) is 20.9 Å². The fraction of sp³-hybridized carbons (Fsp3) is 0.158. The highest BCUT2D eigenvalue weighted by atomic mass is 79.9. The van der Waals surface area contributed by atoms with E-state index >= 15 is 0 Å². The Kier molecular flexibility index (Phi) is 4.53. The number of carboxylic acid groups (broad SMARTS) is 1. The van der Waals surface area contributed by atoms with Crippen molar-refractivity contribution in [2.75, 3.05) is 6.61 Å². The molecule has 3 aromatic rings. The molecule has 122 valence electrons. The third kappa shape index (κ3) is 2.99. The first kappa shape index (κ1) is 16.5. The number of rotatable bonds is 4. The minimum absolute atomic E-state index is 0.283. The van der Waals surface area contributed by atoms with Crippen LogP contribution >= 0.6 is 15.9 Å². The summed E-state index contributed by atoms with van der Waals surface area (Å²) in [4.78, 5) is 16.5. The second-order valence-electron chi connectivity index (χ2n) is 5.38. The van der Waals surface area contributed by atoms with Gasteiger partial charge in [-0.05, 0) is 61.9 Å². The van der Waals surface area contributed by atoms with E-state index in [1.165, 1.54) is 0 Å². The van der Waals surface area contributed by atoms with Gasteiger partial charge in [-0.25, -0.2) is 9.78 Å². The molecule has 4 nitrogen and oxygen atoms in total. The molecular weight excluding hydrogens is 370 g/mol. The standard InChI is InChI=1S/C19H16BrNO3/c1-3-24-14-7-4-12(5-8-14)18-11(2)17(19(22)23)15-10-13(20)6-9-16(15)21-18/h4-10H,3H2,1-2H3,(H,22,23). The normalized spacial score (nSPS) is 10.8. The number of carboxylic acids is 1. The number of fused-ring (bicyclic) bond motifs is 1. The van der Waals surface area contributed by atoms with E-state index in [9.17, 15) is 9.90 Å². The molecule has 0 unspecified atom stereocenters. The predicted molar refractivity (Wildman–Crippen MR) is 97.7 cm³/mol. The number of pyridine rings is 1. The molecule has 24 heavy (non-hydrogen) atoms. The van der Waals surface area contributed by atoms with Gasteiger partial charge in [0.2, 0.25) is 0 Å². The highest BCUT2D eigenvalue weighted by Crippen LogP contribution is 2.32. The lowest BCUT2D eigenvalue weighted by Gasteiger charge is -2.13. The van der Waals surface area contributed by atoms with E-state index in [1.807, 2.05) is 43.3 Å². The average molecular weight is 386 g/mol. The molecule has 0 saturated heterocycles. The first-order valence-electron chi connectivity index (χ1n) is 7.57. The van der Waals surface area contributed by atoms with E-state index in [0.29, 0.717) is 28.8 Å². The number of hydrogen-bond acceptors (Lipinski definition) is 3. The van der Waals surface area contributed by atoms with Gasteiger partial charge in [0, 0.05) is 15.4 Å². The Morgan fingerprint density at radius 1 is 1.21 bits per heavy atom. The fourth-order valence-corrected chi connectivity index (χ4v) is 3.12. The third-order valence-electron chi connectivity index (χ3n) is 3.84. The number of benzene rings is 2. The van der Waals surface area contributed by atoms with Gasteiger partial charge >= 0.3 is 5.97 Å². The van der Waals surface area contributed by atoms with Gasteiger partial charge < -0.3 is 9.84 Å². The maximum atomic E-state index is 11.8. The van der Waals surface area contributed by atoms with Crippen molar-refractivity contribution in [3.63, 3.8) is 0 Å². The SMILES string of the molecule is CCOc1ccc(-c2nc3ccc(Br)cc3c(C(=O)O)c2C)cc1.